The molecule has 0 aromatic heterocycles. The van der Waals surface area contributed by atoms with E-state index in [2.05, 4.69) is 21.6 Å². The number of alkyl halides is 1. The lowest BCUT2D eigenvalue weighted by Crippen LogP contribution is -2.45. The van der Waals surface area contributed by atoms with Gasteiger partial charge in [0.05, 0.1) is 5.75 Å². The van der Waals surface area contributed by atoms with E-state index >= 15 is 0 Å². The molecular weight excluding hydrogens is 274 g/mol. The van der Waals surface area contributed by atoms with Crippen LogP contribution in [0.5, 0.6) is 0 Å². The van der Waals surface area contributed by atoms with Gasteiger partial charge in [-0.2, -0.15) is 0 Å². The molecule has 1 fully saturated rings. The van der Waals surface area contributed by atoms with Gasteiger partial charge < -0.3 is 9.80 Å². The third kappa shape index (κ3) is 6.89. The van der Waals surface area contributed by atoms with Gasteiger partial charge in [0.1, 0.15) is 0 Å². The van der Waals surface area contributed by atoms with E-state index in [1.165, 1.54) is 0 Å². The molecule has 1 saturated heterocycles. The van der Waals surface area contributed by atoms with Crippen LogP contribution < -0.4 is 4.72 Å². The smallest absolute Gasteiger partial charge is 0.211 e. The predicted octanol–water partition coefficient (Wildman–Crippen LogP) is 0.172. The molecule has 0 radical (unpaired) electrons. The Bertz CT molecular complexity index is 316. The van der Waals surface area contributed by atoms with Crippen LogP contribution in [0.4, 0.5) is 0 Å². The first-order valence-electron chi connectivity index (χ1n) is 6.48. The van der Waals surface area contributed by atoms with Crippen LogP contribution in [0.2, 0.25) is 0 Å². The first-order valence-corrected chi connectivity index (χ1v) is 8.66. The molecule has 0 aliphatic carbocycles. The topological polar surface area (TPSA) is 52.6 Å². The van der Waals surface area contributed by atoms with Crippen molar-refractivity contribution >= 4 is 21.6 Å². The maximum Gasteiger partial charge on any atom is 0.211 e. The molecule has 1 N–H and O–H groups in total. The van der Waals surface area contributed by atoms with Crippen LogP contribution in [0, 0.1) is 0 Å². The number of nitrogens with zero attached hydrogens (tertiary/aromatic N) is 2. The molecule has 1 heterocycles. The molecule has 0 saturated carbocycles. The molecule has 0 atom stereocenters. The van der Waals surface area contributed by atoms with E-state index in [-0.39, 0.29) is 5.75 Å². The minimum Gasteiger partial charge on any atom is -0.304 e. The second kappa shape index (κ2) is 8.32. The molecule has 0 amide bonds. The van der Waals surface area contributed by atoms with Crippen LogP contribution >= 0.6 is 11.6 Å². The molecule has 0 unspecified atom stereocenters. The Labute approximate surface area is 116 Å². The number of rotatable bonds is 8. The van der Waals surface area contributed by atoms with Crippen LogP contribution in [0.1, 0.15) is 12.8 Å². The van der Waals surface area contributed by atoms with Crippen molar-refractivity contribution < 1.29 is 8.42 Å². The molecule has 18 heavy (non-hydrogen) atoms. The van der Waals surface area contributed by atoms with Crippen molar-refractivity contribution in [2.75, 3.05) is 57.9 Å². The Morgan fingerprint density at radius 1 is 1.17 bits per heavy atom. The van der Waals surface area contributed by atoms with E-state index in [1.54, 1.807) is 0 Å². The van der Waals surface area contributed by atoms with Crippen molar-refractivity contribution in [3.05, 3.63) is 0 Å². The largest absolute Gasteiger partial charge is 0.304 e. The van der Waals surface area contributed by atoms with Gasteiger partial charge in [-0.3, -0.25) is 0 Å². The monoisotopic (exact) mass is 297 g/mol. The molecular formula is C11H24ClN3O2S. The van der Waals surface area contributed by atoms with Crippen LogP contribution in [0.15, 0.2) is 0 Å². The van der Waals surface area contributed by atoms with E-state index in [4.69, 9.17) is 11.6 Å². The van der Waals surface area contributed by atoms with Gasteiger partial charge in [-0.15, -0.1) is 11.6 Å². The molecule has 0 bridgehead atoms. The number of hydrogen-bond acceptors (Lipinski definition) is 4. The minimum absolute atomic E-state index is 0.130. The van der Waals surface area contributed by atoms with Crippen molar-refractivity contribution in [1.29, 1.82) is 0 Å². The number of hydrogen-bond donors (Lipinski definition) is 1. The third-order valence-corrected chi connectivity index (χ3v) is 4.85. The fraction of sp³-hybridized carbons (Fsp3) is 1.00. The first kappa shape index (κ1) is 16.2. The summed E-state index contributed by atoms with van der Waals surface area (Å²) in [5.74, 6) is 0.521. The Morgan fingerprint density at radius 3 is 2.44 bits per heavy atom. The summed E-state index contributed by atoms with van der Waals surface area (Å²) in [6.45, 7) is 5.84. The van der Waals surface area contributed by atoms with E-state index in [0.29, 0.717) is 18.8 Å². The van der Waals surface area contributed by atoms with Crippen LogP contribution in [-0.2, 0) is 10.0 Å². The normalized spacial score (nSPS) is 19.2. The van der Waals surface area contributed by atoms with Gasteiger partial charge in [0.25, 0.3) is 0 Å². The maximum absolute atomic E-state index is 11.5. The average molecular weight is 298 g/mol. The second-order valence-electron chi connectivity index (χ2n) is 4.75. The zero-order valence-corrected chi connectivity index (χ0v) is 12.6. The number of sulfonamides is 1. The summed E-state index contributed by atoms with van der Waals surface area (Å²) >= 11 is 5.48. The van der Waals surface area contributed by atoms with E-state index in [1.807, 2.05) is 0 Å². The summed E-state index contributed by atoms with van der Waals surface area (Å²) < 4.78 is 25.6. The third-order valence-electron chi connectivity index (χ3n) is 3.12. The lowest BCUT2D eigenvalue weighted by atomic mass is 10.3. The highest BCUT2D eigenvalue weighted by Gasteiger charge is 2.13. The quantitative estimate of drug-likeness (QED) is 0.513. The lowest BCUT2D eigenvalue weighted by Gasteiger charge is -2.32. The molecule has 7 heteroatoms. The van der Waals surface area contributed by atoms with Crippen molar-refractivity contribution in [2.24, 2.45) is 0 Å². The van der Waals surface area contributed by atoms with E-state index < -0.39 is 10.0 Å². The highest BCUT2D eigenvalue weighted by molar-refractivity contribution is 7.89. The number of nitrogens with one attached hydrogen (secondary N) is 1. The fourth-order valence-electron chi connectivity index (χ4n) is 1.92. The van der Waals surface area contributed by atoms with Crippen molar-refractivity contribution in [2.45, 2.75) is 12.8 Å². The van der Waals surface area contributed by atoms with Crippen molar-refractivity contribution in [3.8, 4) is 0 Å². The average Bonchev–Trinajstić information content (AvgIpc) is 2.34. The molecule has 0 spiro atoms. The molecule has 0 aromatic carbocycles. The summed E-state index contributed by atoms with van der Waals surface area (Å²) in [6.07, 6.45) is 1.37. The van der Waals surface area contributed by atoms with Gasteiger partial charge in [0.15, 0.2) is 0 Å². The second-order valence-corrected chi connectivity index (χ2v) is 7.06. The maximum atomic E-state index is 11.5. The molecule has 1 rings (SSSR count). The van der Waals surface area contributed by atoms with Gasteiger partial charge in [-0.05, 0) is 26.4 Å². The molecule has 108 valence electrons. The molecule has 5 nitrogen and oxygen atoms in total. The van der Waals surface area contributed by atoms with E-state index in [0.717, 1.165) is 39.1 Å². The van der Waals surface area contributed by atoms with E-state index in [9.17, 15) is 8.42 Å². The Hall–Kier alpha value is 0.120. The molecule has 0 aromatic rings. The highest BCUT2D eigenvalue weighted by Crippen LogP contribution is 2.00. The SMILES string of the molecule is CN1CCN(CCCNS(=O)(=O)CCCCl)CC1. The van der Waals surface area contributed by atoms with Crippen LogP contribution in [0.3, 0.4) is 0 Å². The standard InChI is InChI=1S/C11H24ClN3O2S/c1-14-7-9-15(10-8-14)6-3-5-13-18(16,17)11-2-4-12/h13H,2-11H2,1H3. The zero-order valence-electron chi connectivity index (χ0n) is 11.1. The predicted molar refractivity (Wildman–Crippen MR) is 75.7 cm³/mol. The fourth-order valence-corrected chi connectivity index (χ4v) is 3.33. The number of piperazine rings is 1. The van der Waals surface area contributed by atoms with Gasteiger partial charge in [0, 0.05) is 38.6 Å². The summed E-state index contributed by atoms with van der Waals surface area (Å²) in [6, 6.07) is 0. The number of likely N-dealkylation sites (N-methyl/N-ethyl adjacent to an activating group) is 1. The van der Waals surface area contributed by atoms with Gasteiger partial charge in [-0.25, -0.2) is 13.1 Å². The van der Waals surface area contributed by atoms with Gasteiger partial charge in [0.2, 0.25) is 10.0 Å². The Morgan fingerprint density at radius 2 is 1.83 bits per heavy atom. The van der Waals surface area contributed by atoms with Gasteiger partial charge in [-0.1, -0.05) is 0 Å². The van der Waals surface area contributed by atoms with Crippen molar-refractivity contribution in [1.82, 2.24) is 14.5 Å². The molecule has 1 aliphatic rings. The summed E-state index contributed by atoms with van der Waals surface area (Å²) in [4.78, 5) is 4.69. The lowest BCUT2D eigenvalue weighted by molar-refractivity contribution is 0.153. The minimum atomic E-state index is -3.12. The summed E-state index contributed by atoms with van der Waals surface area (Å²) in [5.41, 5.74) is 0. The highest BCUT2D eigenvalue weighted by atomic mass is 35.5. The summed E-state index contributed by atoms with van der Waals surface area (Å²) in [7, 11) is -0.989. The Balaban J connectivity index is 2.07. The summed E-state index contributed by atoms with van der Waals surface area (Å²) in [5, 5.41) is 0. The van der Waals surface area contributed by atoms with Crippen molar-refractivity contribution in [3.63, 3.8) is 0 Å². The molecule has 1 aliphatic heterocycles. The van der Waals surface area contributed by atoms with Crippen LogP contribution in [-0.4, -0.2) is 76.2 Å². The van der Waals surface area contributed by atoms with Crippen LogP contribution in [0.25, 0.3) is 0 Å². The first-order chi connectivity index (χ1) is 8.53. The zero-order chi connectivity index (χ0) is 13.4. The Kier molecular flexibility index (Phi) is 7.48. The number of halogens is 1. The van der Waals surface area contributed by atoms with Gasteiger partial charge >= 0.3 is 0 Å².